The Balaban J connectivity index is 1.64. The van der Waals surface area contributed by atoms with E-state index in [4.69, 9.17) is 5.11 Å². The average molecular weight is 267 g/mol. The topological polar surface area (TPSA) is 40.5 Å². The summed E-state index contributed by atoms with van der Waals surface area (Å²) in [5.41, 5.74) is 4.13. The number of hydrogen-bond acceptors (Lipinski definition) is 2. The third kappa shape index (κ3) is 2.73. The second-order valence-electron chi connectivity index (χ2n) is 5.23. The lowest BCUT2D eigenvalue weighted by atomic mass is 10.1. The van der Waals surface area contributed by atoms with E-state index in [1.54, 1.807) is 12.1 Å². The van der Waals surface area contributed by atoms with E-state index in [0.29, 0.717) is 5.56 Å². The van der Waals surface area contributed by atoms with Crippen LogP contribution in [0.5, 0.6) is 0 Å². The van der Waals surface area contributed by atoms with Gasteiger partial charge in [-0.05, 0) is 35.2 Å². The molecule has 0 saturated carbocycles. The largest absolute Gasteiger partial charge is 0.478 e. The fraction of sp³-hybridized carbons (Fsp3) is 0.235. The fourth-order valence-corrected chi connectivity index (χ4v) is 2.69. The number of rotatable bonds is 4. The minimum Gasteiger partial charge on any atom is -0.478 e. The molecule has 3 rings (SSSR count). The molecule has 0 atom stereocenters. The van der Waals surface area contributed by atoms with Crippen LogP contribution in [0.15, 0.2) is 48.5 Å². The summed E-state index contributed by atoms with van der Waals surface area (Å²) >= 11 is 0. The Kier molecular flexibility index (Phi) is 3.52. The van der Waals surface area contributed by atoms with Crippen LogP contribution in [-0.4, -0.2) is 22.5 Å². The maximum Gasteiger partial charge on any atom is 0.335 e. The second kappa shape index (κ2) is 5.47. The lowest BCUT2D eigenvalue weighted by Crippen LogP contribution is -2.19. The van der Waals surface area contributed by atoms with E-state index in [0.717, 1.165) is 31.6 Å². The van der Waals surface area contributed by atoms with Gasteiger partial charge in [-0.1, -0.05) is 36.4 Å². The molecule has 0 spiro atoms. The molecule has 0 radical (unpaired) electrons. The third-order valence-electron chi connectivity index (χ3n) is 3.80. The molecule has 2 aromatic carbocycles. The van der Waals surface area contributed by atoms with Crippen LogP contribution in [0.2, 0.25) is 0 Å². The van der Waals surface area contributed by atoms with Crippen LogP contribution in [0.25, 0.3) is 0 Å². The van der Waals surface area contributed by atoms with Crippen LogP contribution >= 0.6 is 0 Å². The highest BCUT2D eigenvalue weighted by atomic mass is 16.4. The zero-order valence-corrected chi connectivity index (χ0v) is 11.2. The highest BCUT2D eigenvalue weighted by Crippen LogP contribution is 2.24. The molecule has 1 aliphatic rings. The van der Waals surface area contributed by atoms with Gasteiger partial charge < -0.3 is 5.11 Å². The van der Waals surface area contributed by atoms with Gasteiger partial charge in [-0.15, -0.1) is 0 Å². The van der Waals surface area contributed by atoms with E-state index in [1.165, 1.54) is 11.1 Å². The predicted octanol–water partition coefficient (Wildman–Crippen LogP) is 2.94. The maximum atomic E-state index is 11.0. The molecular formula is C17H17NO2. The molecule has 20 heavy (non-hydrogen) atoms. The van der Waals surface area contributed by atoms with E-state index in [-0.39, 0.29) is 0 Å². The van der Waals surface area contributed by atoms with Crippen molar-refractivity contribution < 1.29 is 9.90 Å². The molecule has 0 aromatic heterocycles. The minimum absolute atomic E-state index is 0.383. The summed E-state index contributed by atoms with van der Waals surface area (Å²) in [6.07, 6.45) is 1.03. The van der Waals surface area contributed by atoms with Gasteiger partial charge >= 0.3 is 5.97 Å². The molecule has 0 bridgehead atoms. The molecule has 0 amide bonds. The van der Waals surface area contributed by atoms with Crippen molar-refractivity contribution in [2.75, 3.05) is 6.54 Å². The van der Waals surface area contributed by atoms with Crippen LogP contribution in [0.4, 0.5) is 0 Å². The summed E-state index contributed by atoms with van der Waals surface area (Å²) in [6.45, 7) is 2.77. The summed E-state index contributed by atoms with van der Waals surface area (Å²) in [7, 11) is 0. The van der Waals surface area contributed by atoms with Gasteiger partial charge in [0.05, 0.1) is 5.56 Å². The Morgan fingerprint density at radius 1 is 1.05 bits per heavy atom. The van der Waals surface area contributed by atoms with Crippen molar-refractivity contribution in [3.05, 3.63) is 70.8 Å². The standard InChI is InChI=1S/C17H17NO2/c19-17(20)14-6-7-15-11-18(12-16(15)10-14)9-8-13-4-2-1-3-5-13/h1-7,10H,8-9,11-12H2,(H,19,20). The first kappa shape index (κ1) is 12.9. The Morgan fingerprint density at radius 3 is 2.55 bits per heavy atom. The number of carboxylic acids is 1. The van der Waals surface area contributed by atoms with E-state index in [2.05, 4.69) is 29.2 Å². The van der Waals surface area contributed by atoms with Crippen molar-refractivity contribution in [3.63, 3.8) is 0 Å². The van der Waals surface area contributed by atoms with Gasteiger partial charge in [0.25, 0.3) is 0 Å². The van der Waals surface area contributed by atoms with Crippen molar-refractivity contribution in [3.8, 4) is 0 Å². The SMILES string of the molecule is O=C(O)c1ccc2c(c1)CN(CCc1ccccc1)C2. The summed E-state index contributed by atoms with van der Waals surface area (Å²) in [5, 5.41) is 9.02. The summed E-state index contributed by atoms with van der Waals surface area (Å²) in [6, 6.07) is 15.9. The number of hydrogen-bond donors (Lipinski definition) is 1. The van der Waals surface area contributed by atoms with Gasteiger partial charge in [0, 0.05) is 19.6 Å². The van der Waals surface area contributed by atoms with Crippen LogP contribution in [-0.2, 0) is 19.5 Å². The van der Waals surface area contributed by atoms with Crippen molar-refractivity contribution in [2.45, 2.75) is 19.5 Å². The number of carbonyl (C=O) groups is 1. The number of benzene rings is 2. The first-order chi connectivity index (χ1) is 9.72. The second-order valence-corrected chi connectivity index (χ2v) is 5.23. The lowest BCUT2D eigenvalue weighted by Gasteiger charge is -2.14. The Labute approximate surface area is 118 Å². The average Bonchev–Trinajstić information content (AvgIpc) is 2.88. The number of aromatic carboxylic acids is 1. The molecule has 0 fully saturated rings. The molecule has 102 valence electrons. The minimum atomic E-state index is -0.851. The lowest BCUT2D eigenvalue weighted by molar-refractivity contribution is 0.0696. The highest BCUT2D eigenvalue weighted by Gasteiger charge is 2.19. The number of fused-ring (bicyclic) bond motifs is 1. The summed E-state index contributed by atoms with van der Waals surface area (Å²) in [5.74, 6) is -0.851. The molecule has 3 heteroatoms. The van der Waals surface area contributed by atoms with E-state index < -0.39 is 5.97 Å². The molecule has 0 unspecified atom stereocenters. The molecule has 1 aliphatic heterocycles. The predicted molar refractivity (Wildman–Crippen MR) is 77.7 cm³/mol. The van der Waals surface area contributed by atoms with Gasteiger partial charge in [0.15, 0.2) is 0 Å². The van der Waals surface area contributed by atoms with E-state index in [1.807, 2.05) is 12.1 Å². The maximum absolute atomic E-state index is 11.0. The summed E-state index contributed by atoms with van der Waals surface area (Å²) < 4.78 is 0. The van der Waals surface area contributed by atoms with Crippen molar-refractivity contribution in [1.82, 2.24) is 4.90 Å². The Bertz CT molecular complexity index is 622. The van der Waals surface area contributed by atoms with E-state index in [9.17, 15) is 4.79 Å². The molecule has 0 aliphatic carbocycles. The zero-order valence-electron chi connectivity index (χ0n) is 11.2. The van der Waals surface area contributed by atoms with Crippen molar-refractivity contribution >= 4 is 5.97 Å². The smallest absolute Gasteiger partial charge is 0.335 e. The van der Waals surface area contributed by atoms with Crippen LogP contribution < -0.4 is 0 Å². The molecule has 1 heterocycles. The van der Waals surface area contributed by atoms with Gasteiger partial charge in [0.1, 0.15) is 0 Å². The Hall–Kier alpha value is -2.13. The fourth-order valence-electron chi connectivity index (χ4n) is 2.69. The molecule has 3 nitrogen and oxygen atoms in total. The third-order valence-corrected chi connectivity index (χ3v) is 3.80. The van der Waals surface area contributed by atoms with Crippen molar-refractivity contribution in [2.24, 2.45) is 0 Å². The number of carboxylic acid groups (broad SMARTS) is 1. The zero-order chi connectivity index (χ0) is 13.9. The molecule has 1 N–H and O–H groups in total. The highest BCUT2D eigenvalue weighted by molar-refractivity contribution is 5.87. The van der Waals surface area contributed by atoms with E-state index >= 15 is 0 Å². The van der Waals surface area contributed by atoms with Gasteiger partial charge in [0.2, 0.25) is 0 Å². The van der Waals surface area contributed by atoms with Gasteiger partial charge in [-0.3, -0.25) is 4.90 Å². The molecule has 2 aromatic rings. The summed E-state index contributed by atoms with van der Waals surface area (Å²) in [4.78, 5) is 13.3. The first-order valence-electron chi connectivity index (χ1n) is 6.84. The van der Waals surface area contributed by atoms with Gasteiger partial charge in [-0.25, -0.2) is 4.79 Å². The van der Waals surface area contributed by atoms with Crippen LogP contribution in [0.1, 0.15) is 27.0 Å². The van der Waals surface area contributed by atoms with Crippen LogP contribution in [0.3, 0.4) is 0 Å². The number of nitrogens with zero attached hydrogens (tertiary/aromatic N) is 1. The quantitative estimate of drug-likeness (QED) is 0.926. The monoisotopic (exact) mass is 267 g/mol. The molecular weight excluding hydrogens is 250 g/mol. The normalized spacial score (nSPS) is 14.2. The van der Waals surface area contributed by atoms with Crippen molar-refractivity contribution in [1.29, 1.82) is 0 Å². The van der Waals surface area contributed by atoms with Crippen LogP contribution in [0, 0.1) is 0 Å². The Morgan fingerprint density at radius 2 is 1.80 bits per heavy atom. The van der Waals surface area contributed by atoms with Gasteiger partial charge in [-0.2, -0.15) is 0 Å². The molecule has 0 saturated heterocycles. The first-order valence-corrected chi connectivity index (χ1v) is 6.84.